The number of aromatic hydroxyl groups is 1. The summed E-state index contributed by atoms with van der Waals surface area (Å²) in [7, 11) is -10.8. The minimum atomic E-state index is -5.44. The second-order valence-corrected chi connectivity index (χ2v) is 16.2. The fraction of sp³-hybridized carbons (Fsp3) is 0.135. The molecule has 0 heterocycles. The second-order valence-electron chi connectivity index (χ2n) is 13.5. The number of nitrogens with two attached hydrogens (primary N) is 1. The van der Waals surface area contributed by atoms with E-state index in [4.69, 9.17) is 10.8 Å². The van der Waals surface area contributed by atoms with Crippen LogP contribution in [-0.2, 0) is 44.2 Å². The average Bonchev–Trinajstić information content (AvgIpc) is 3.24. The van der Waals surface area contributed by atoms with E-state index in [1.54, 1.807) is 0 Å². The Balaban J connectivity index is 1.51. The van der Waals surface area contributed by atoms with Crippen LogP contribution in [0.15, 0.2) is 107 Å². The number of aliphatic carboxylic acids is 1. The Morgan fingerprint density at radius 1 is 0.716 bits per heavy atom. The van der Waals surface area contributed by atoms with E-state index in [1.165, 1.54) is 37.3 Å². The van der Waals surface area contributed by atoms with Gasteiger partial charge < -0.3 is 31.3 Å². The fourth-order valence-electron chi connectivity index (χ4n) is 5.77. The molecule has 0 atom stereocenters. The molecule has 5 rings (SSSR count). The Hall–Kier alpha value is -8.74. The lowest BCUT2D eigenvalue weighted by molar-refractivity contribution is -0.384. The van der Waals surface area contributed by atoms with Gasteiger partial charge in [0.25, 0.3) is 38.1 Å². The third kappa shape index (κ3) is 12.3. The summed E-state index contributed by atoms with van der Waals surface area (Å²) in [6.07, 6.45) is -1.13. The summed E-state index contributed by atoms with van der Waals surface area (Å²) in [5.41, 5.74) is 2.36. The standard InChI is InChI=1S/C37H31N11O17S2/c1-18-12-21(4-5-23(18)42-43-24-6-2-19(13-27(24)47(55)56)39-31(50)8-9-33(52)53)41-45-26-16-29(66(59,60)61)22-15-30(67(62,63)64)36(37(54)34(22)35(26)38)46-44-25-7-3-20(14-28(25)48(57)58)40-32(51)10-11-65-17-49/h2-7,12-17,54H,8-11,38H2,1H3,(H,39,50)(H,40,51)(H,52,53)(H,59,60,61)(H,62,63,64)/b43-42+,45-41+,46-44+. The van der Waals surface area contributed by atoms with Gasteiger partial charge in [0.1, 0.15) is 21.2 Å². The van der Waals surface area contributed by atoms with E-state index in [1.807, 2.05) is 0 Å². The highest BCUT2D eigenvalue weighted by atomic mass is 32.2. The normalized spacial score (nSPS) is 11.9. The van der Waals surface area contributed by atoms with Gasteiger partial charge >= 0.3 is 5.97 Å². The molecule has 0 aromatic heterocycles. The van der Waals surface area contributed by atoms with Crippen molar-refractivity contribution in [3.05, 3.63) is 92.5 Å². The first-order valence-electron chi connectivity index (χ1n) is 18.3. The van der Waals surface area contributed by atoms with Gasteiger partial charge in [-0.2, -0.15) is 27.1 Å². The summed E-state index contributed by atoms with van der Waals surface area (Å²) in [6.45, 7) is 1.36. The van der Waals surface area contributed by atoms with Crippen molar-refractivity contribution in [2.24, 2.45) is 30.7 Å². The largest absolute Gasteiger partial charge is 0.505 e. The van der Waals surface area contributed by atoms with Gasteiger partial charge in [-0.15, -0.1) is 20.5 Å². The lowest BCUT2D eigenvalue weighted by Crippen LogP contribution is -2.14. The number of nitrogens with zero attached hydrogens (tertiary/aromatic N) is 8. The molecule has 348 valence electrons. The van der Waals surface area contributed by atoms with Crippen molar-refractivity contribution in [2.75, 3.05) is 23.0 Å². The Bertz CT molecular complexity index is 3220. The topological polar surface area (TPSA) is 437 Å². The van der Waals surface area contributed by atoms with Gasteiger partial charge in [0.2, 0.25) is 11.8 Å². The molecule has 0 spiro atoms. The molecule has 67 heavy (non-hydrogen) atoms. The number of anilines is 3. The fourth-order valence-corrected chi connectivity index (χ4v) is 7.11. The number of phenols is 1. The quantitative estimate of drug-likeness (QED) is 0.00811. The van der Waals surface area contributed by atoms with Crippen LogP contribution in [0, 0.1) is 27.2 Å². The van der Waals surface area contributed by atoms with E-state index in [2.05, 4.69) is 46.1 Å². The van der Waals surface area contributed by atoms with Gasteiger partial charge in [0, 0.05) is 35.3 Å². The third-order valence-corrected chi connectivity index (χ3v) is 10.6. The van der Waals surface area contributed by atoms with Crippen molar-refractivity contribution in [3.63, 3.8) is 0 Å². The summed E-state index contributed by atoms with van der Waals surface area (Å²) < 4.78 is 75.1. The number of aryl methyl sites for hydroxylation is 1. The summed E-state index contributed by atoms with van der Waals surface area (Å²) in [5.74, 6) is -3.86. The molecule has 0 saturated heterocycles. The van der Waals surface area contributed by atoms with Gasteiger partial charge in [-0.25, -0.2) is 0 Å². The molecule has 0 aliphatic rings. The molecule has 0 aliphatic heterocycles. The molecule has 28 nitrogen and oxygen atoms in total. The number of hydrogen-bond acceptors (Lipinski definition) is 21. The maximum absolute atomic E-state index is 12.6. The van der Waals surface area contributed by atoms with Gasteiger partial charge in [0.15, 0.2) is 17.1 Å². The number of carbonyl (C=O) groups excluding carboxylic acids is 3. The van der Waals surface area contributed by atoms with Gasteiger partial charge in [-0.05, 0) is 67.1 Å². The molecule has 0 radical (unpaired) electrons. The number of nitrogen functional groups attached to an aromatic ring is 1. The Kier molecular flexibility index (Phi) is 15.0. The zero-order valence-corrected chi connectivity index (χ0v) is 35.5. The van der Waals surface area contributed by atoms with Crippen LogP contribution in [0.25, 0.3) is 10.8 Å². The van der Waals surface area contributed by atoms with Gasteiger partial charge in [-0.1, -0.05) is 0 Å². The number of hydrogen-bond donors (Lipinski definition) is 7. The molecular weight excluding hydrogens is 935 g/mol. The zero-order valence-electron chi connectivity index (χ0n) is 33.8. The molecule has 0 saturated carbocycles. The molecule has 8 N–H and O–H groups in total. The highest BCUT2D eigenvalue weighted by molar-refractivity contribution is 7.86. The average molecular weight is 966 g/mol. The molecule has 0 fully saturated rings. The molecule has 30 heteroatoms. The first kappa shape index (κ1) is 49.3. The minimum absolute atomic E-state index is 0.00447. The molecule has 0 aliphatic carbocycles. The van der Waals surface area contributed by atoms with Crippen LogP contribution in [0.3, 0.4) is 0 Å². The van der Waals surface area contributed by atoms with Crippen LogP contribution in [0.1, 0.15) is 24.8 Å². The predicted molar refractivity (Wildman–Crippen MR) is 230 cm³/mol. The lowest BCUT2D eigenvalue weighted by Gasteiger charge is -2.14. The number of amides is 2. The van der Waals surface area contributed by atoms with Crippen molar-refractivity contribution < 1.29 is 69.9 Å². The first-order chi connectivity index (χ1) is 31.5. The van der Waals surface area contributed by atoms with Crippen molar-refractivity contribution in [1.82, 2.24) is 0 Å². The van der Waals surface area contributed by atoms with Crippen molar-refractivity contribution in [3.8, 4) is 5.75 Å². The van der Waals surface area contributed by atoms with E-state index < -0.39 is 115 Å². The lowest BCUT2D eigenvalue weighted by atomic mass is 10.0. The van der Waals surface area contributed by atoms with Crippen LogP contribution >= 0.6 is 0 Å². The number of ether oxygens (including phenoxy) is 1. The van der Waals surface area contributed by atoms with Crippen LogP contribution < -0.4 is 16.4 Å². The predicted octanol–water partition coefficient (Wildman–Crippen LogP) is 7.30. The Morgan fingerprint density at radius 2 is 1.24 bits per heavy atom. The summed E-state index contributed by atoms with van der Waals surface area (Å²) in [4.78, 5) is 64.7. The number of nitrogens with one attached hydrogen (secondary N) is 2. The molecule has 0 unspecified atom stereocenters. The second kappa shape index (κ2) is 20.4. The third-order valence-electron chi connectivity index (χ3n) is 8.84. The minimum Gasteiger partial charge on any atom is -0.505 e. The number of fused-ring (bicyclic) bond motifs is 1. The maximum atomic E-state index is 12.6. The summed E-state index contributed by atoms with van der Waals surface area (Å²) >= 11 is 0. The first-order valence-corrected chi connectivity index (χ1v) is 21.2. The smallest absolute Gasteiger partial charge is 0.303 e. The molecular formula is C37H31N11O17S2. The van der Waals surface area contributed by atoms with E-state index in [0.717, 1.165) is 24.3 Å². The molecule has 0 bridgehead atoms. The number of azo groups is 3. The molecule has 5 aromatic carbocycles. The van der Waals surface area contributed by atoms with Gasteiger partial charge in [0.05, 0.1) is 51.7 Å². The summed E-state index contributed by atoms with van der Waals surface area (Å²) in [5, 5.41) is 70.2. The van der Waals surface area contributed by atoms with Crippen LogP contribution in [0.2, 0.25) is 0 Å². The van der Waals surface area contributed by atoms with Crippen LogP contribution in [-0.4, -0.2) is 76.9 Å². The van der Waals surface area contributed by atoms with Crippen LogP contribution in [0.4, 0.5) is 62.6 Å². The van der Waals surface area contributed by atoms with E-state index in [9.17, 15) is 70.5 Å². The Labute approximate surface area is 374 Å². The number of carboxylic acid groups (broad SMARTS) is 1. The van der Waals surface area contributed by atoms with E-state index in [-0.39, 0.29) is 54.4 Å². The van der Waals surface area contributed by atoms with Crippen molar-refractivity contribution in [2.45, 2.75) is 36.0 Å². The number of carbonyl (C=O) groups is 4. The molecule has 2 amide bonds. The number of nitro benzene ring substituents is 2. The SMILES string of the molecule is Cc1cc(/N=N/c2cc(S(=O)(=O)O)c3cc(S(=O)(=O)O)c(/N=N/c4ccc(NC(=O)CCOC=O)cc4[N+](=O)[O-])c(O)c3c2N)ccc1/N=N/c1ccc(NC(=O)CCC(=O)O)cc1[N+](=O)[O-]. The Morgan fingerprint density at radius 3 is 1.76 bits per heavy atom. The zero-order chi connectivity index (χ0) is 49.4. The summed E-state index contributed by atoms with van der Waals surface area (Å²) in [6, 6.07) is 11.7. The van der Waals surface area contributed by atoms with E-state index in [0.29, 0.717) is 17.7 Å². The van der Waals surface area contributed by atoms with E-state index >= 15 is 0 Å². The maximum Gasteiger partial charge on any atom is 0.303 e. The van der Waals surface area contributed by atoms with Crippen LogP contribution in [0.5, 0.6) is 5.75 Å². The van der Waals surface area contributed by atoms with Crippen molar-refractivity contribution in [1.29, 1.82) is 0 Å². The molecule has 5 aromatic rings. The number of carboxylic acids is 1. The highest BCUT2D eigenvalue weighted by Gasteiger charge is 2.29. The van der Waals surface area contributed by atoms with Crippen molar-refractivity contribution >= 4 is 118 Å². The highest BCUT2D eigenvalue weighted by Crippen LogP contribution is 2.49. The van der Waals surface area contributed by atoms with Gasteiger partial charge in [-0.3, -0.25) is 48.5 Å². The number of phenolic OH excluding ortho intramolecular Hbond substituents is 1. The number of rotatable bonds is 19. The monoisotopic (exact) mass is 965 g/mol. The number of nitro groups is 2. The number of benzene rings is 5.